The van der Waals surface area contributed by atoms with E-state index in [2.05, 4.69) is 5.32 Å². The average molecular weight is 344 g/mol. The number of nitrogens with zero attached hydrogens (tertiary/aromatic N) is 3. The normalized spacial score (nSPS) is 22.5. The molecule has 2 aliphatic heterocycles. The van der Waals surface area contributed by atoms with E-state index < -0.39 is 6.04 Å². The van der Waals surface area contributed by atoms with Crippen molar-refractivity contribution < 1.29 is 19.1 Å². The second kappa shape index (κ2) is 5.94. The Morgan fingerprint density at radius 2 is 2.00 bits per heavy atom. The summed E-state index contributed by atoms with van der Waals surface area (Å²) in [4.78, 5) is 41.8. The predicted octanol–water partition coefficient (Wildman–Crippen LogP) is 1.02. The molecule has 1 aromatic rings. The van der Waals surface area contributed by atoms with Gasteiger partial charge in [0.15, 0.2) is 0 Å². The molecule has 4 rings (SSSR count). The van der Waals surface area contributed by atoms with Crippen LogP contribution in [0.5, 0.6) is 5.75 Å². The average Bonchev–Trinajstić information content (AvgIpc) is 3.42. The van der Waals surface area contributed by atoms with Crippen LogP contribution in [0.3, 0.4) is 0 Å². The van der Waals surface area contributed by atoms with Gasteiger partial charge in [-0.1, -0.05) is 12.1 Å². The van der Waals surface area contributed by atoms with Gasteiger partial charge in [-0.15, -0.1) is 0 Å². The first kappa shape index (κ1) is 15.7. The first-order valence-corrected chi connectivity index (χ1v) is 8.43. The zero-order valence-corrected chi connectivity index (χ0v) is 14.0. The molecule has 5 amide bonds. The van der Waals surface area contributed by atoms with E-state index in [4.69, 9.17) is 4.74 Å². The van der Waals surface area contributed by atoms with Gasteiger partial charge in [-0.05, 0) is 25.0 Å². The highest BCUT2D eigenvalue weighted by Crippen LogP contribution is 2.38. The van der Waals surface area contributed by atoms with Gasteiger partial charge in [-0.25, -0.2) is 9.59 Å². The smallest absolute Gasteiger partial charge is 0.325 e. The van der Waals surface area contributed by atoms with Crippen LogP contribution >= 0.6 is 0 Å². The van der Waals surface area contributed by atoms with Gasteiger partial charge in [-0.3, -0.25) is 15.0 Å². The van der Waals surface area contributed by atoms with Crippen LogP contribution in [0.25, 0.3) is 0 Å². The molecule has 1 saturated carbocycles. The second-order valence-electron chi connectivity index (χ2n) is 6.51. The van der Waals surface area contributed by atoms with Crippen LogP contribution < -0.4 is 15.0 Å². The molecule has 25 heavy (non-hydrogen) atoms. The van der Waals surface area contributed by atoms with Crippen molar-refractivity contribution in [3.8, 4) is 5.75 Å². The third kappa shape index (κ3) is 2.67. The summed E-state index contributed by atoms with van der Waals surface area (Å²) in [5, 5.41) is 2.31. The standard InChI is InChI=1S/C17H20N4O4/c1-25-14-5-3-2-4-12(14)21(11-6-7-11)17(24)19-8-9-20-13(10-19)15(22)18-16(20)23/h2-5,11,13H,6-10H2,1H3,(H,18,22,23). The molecule has 0 aromatic heterocycles. The molecular weight excluding hydrogens is 324 g/mol. The first-order valence-electron chi connectivity index (χ1n) is 8.43. The molecule has 1 unspecified atom stereocenters. The van der Waals surface area contributed by atoms with Gasteiger partial charge in [0, 0.05) is 19.1 Å². The molecule has 8 heteroatoms. The summed E-state index contributed by atoms with van der Waals surface area (Å²) in [5.74, 6) is 0.313. The molecular formula is C17H20N4O4. The molecule has 1 atom stereocenters. The van der Waals surface area contributed by atoms with Gasteiger partial charge in [-0.2, -0.15) is 0 Å². The number of nitrogens with one attached hydrogen (secondary N) is 1. The Morgan fingerprint density at radius 3 is 2.72 bits per heavy atom. The van der Waals surface area contributed by atoms with Gasteiger partial charge in [0.05, 0.1) is 19.3 Å². The molecule has 1 N–H and O–H groups in total. The number of hydrogen-bond donors (Lipinski definition) is 1. The van der Waals surface area contributed by atoms with E-state index >= 15 is 0 Å². The molecule has 0 radical (unpaired) electrons. The zero-order valence-electron chi connectivity index (χ0n) is 14.0. The van der Waals surface area contributed by atoms with E-state index in [1.807, 2.05) is 24.3 Å². The fourth-order valence-corrected chi connectivity index (χ4v) is 3.45. The van der Waals surface area contributed by atoms with Gasteiger partial charge in [0.2, 0.25) is 0 Å². The van der Waals surface area contributed by atoms with Crippen molar-refractivity contribution in [1.29, 1.82) is 0 Å². The number of ether oxygens (including phenoxy) is 1. The van der Waals surface area contributed by atoms with Gasteiger partial charge >= 0.3 is 12.1 Å². The van der Waals surface area contributed by atoms with E-state index in [0.29, 0.717) is 18.8 Å². The van der Waals surface area contributed by atoms with Crippen molar-refractivity contribution in [2.45, 2.75) is 24.9 Å². The van der Waals surface area contributed by atoms with Crippen LogP contribution in [-0.2, 0) is 4.79 Å². The molecule has 132 valence electrons. The topological polar surface area (TPSA) is 82.2 Å². The first-order chi connectivity index (χ1) is 12.1. The number of carbonyl (C=O) groups is 3. The largest absolute Gasteiger partial charge is 0.495 e. The molecule has 2 heterocycles. The van der Waals surface area contributed by atoms with E-state index in [9.17, 15) is 14.4 Å². The quantitative estimate of drug-likeness (QED) is 0.830. The lowest BCUT2D eigenvalue weighted by Crippen LogP contribution is -2.57. The lowest BCUT2D eigenvalue weighted by Gasteiger charge is -2.38. The van der Waals surface area contributed by atoms with Crippen LogP contribution in [-0.4, -0.2) is 66.6 Å². The lowest BCUT2D eigenvalue weighted by atomic mass is 10.2. The minimum absolute atomic E-state index is 0.140. The maximum absolute atomic E-state index is 13.2. The fraction of sp³-hybridized carbons (Fsp3) is 0.471. The SMILES string of the molecule is COc1ccccc1N(C(=O)N1CCN2C(=O)NC(=O)C2C1)C1CC1. The van der Waals surface area contributed by atoms with Gasteiger partial charge in [0.1, 0.15) is 11.8 Å². The predicted molar refractivity (Wildman–Crippen MR) is 89.5 cm³/mol. The van der Waals surface area contributed by atoms with E-state index in [1.54, 1.807) is 16.9 Å². The Bertz CT molecular complexity index is 733. The van der Waals surface area contributed by atoms with Crippen LogP contribution in [0, 0.1) is 0 Å². The third-order valence-electron chi connectivity index (χ3n) is 4.91. The Hall–Kier alpha value is -2.77. The maximum atomic E-state index is 13.2. The van der Waals surface area contributed by atoms with Crippen molar-refractivity contribution in [3.63, 3.8) is 0 Å². The van der Waals surface area contributed by atoms with E-state index in [-0.39, 0.29) is 30.6 Å². The minimum atomic E-state index is -0.594. The highest BCUT2D eigenvalue weighted by Gasteiger charge is 2.45. The van der Waals surface area contributed by atoms with Crippen LogP contribution in [0.1, 0.15) is 12.8 Å². The van der Waals surface area contributed by atoms with Crippen LogP contribution in [0.4, 0.5) is 15.3 Å². The summed E-state index contributed by atoms with van der Waals surface area (Å²) in [6.07, 6.45) is 1.90. The molecule has 1 aliphatic carbocycles. The number of benzene rings is 1. The number of anilines is 1. The molecule has 1 aromatic carbocycles. The number of piperazine rings is 1. The summed E-state index contributed by atoms with van der Waals surface area (Å²) < 4.78 is 5.41. The highest BCUT2D eigenvalue weighted by molar-refractivity contribution is 6.05. The maximum Gasteiger partial charge on any atom is 0.325 e. The number of hydrogen-bond acceptors (Lipinski definition) is 4. The van der Waals surface area contributed by atoms with Crippen molar-refractivity contribution in [2.75, 3.05) is 31.6 Å². The minimum Gasteiger partial charge on any atom is -0.495 e. The number of fused-ring (bicyclic) bond motifs is 1. The molecule has 3 aliphatic rings. The Kier molecular flexibility index (Phi) is 3.74. The molecule has 2 saturated heterocycles. The van der Waals surface area contributed by atoms with Gasteiger partial charge < -0.3 is 14.5 Å². The summed E-state index contributed by atoms with van der Waals surface area (Å²) in [5.41, 5.74) is 0.742. The van der Waals surface area contributed by atoms with Crippen molar-refractivity contribution in [3.05, 3.63) is 24.3 Å². The van der Waals surface area contributed by atoms with Crippen molar-refractivity contribution in [2.24, 2.45) is 0 Å². The summed E-state index contributed by atoms with van der Waals surface area (Å²) in [6, 6.07) is 6.50. The zero-order chi connectivity index (χ0) is 17.6. The molecule has 0 bridgehead atoms. The number of urea groups is 2. The summed E-state index contributed by atoms with van der Waals surface area (Å²) in [7, 11) is 1.58. The number of para-hydroxylation sites is 2. The molecule has 3 fully saturated rings. The number of rotatable bonds is 3. The molecule has 8 nitrogen and oxygen atoms in total. The van der Waals surface area contributed by atoms with Crippen LogP contribution in [0.15, 0.2) is 24.3 Å². The van der Waals surface area contributed by atoms with Gasteiger partial charge in [0.25, 0.3) is 5.91 Å². The molecule has 0 spiro atoms. The second-order valence-corrected chi connectivity index (χ2v) is 6.51. The fourth-order valence-electron chi connectivity index (χ4n) is 3.45. The third-order valence-corrected chi connectivity index (χ3v) is 4.91. The Labute approximate surface area is 145 Å². The Morgan fingerprint density at radius 1 is 1.24 bits per heavy atom. The number of carbonyl (C=O) groups excluding carboxylic acids is 3. The summed E-state index contributed by atoms with van der Waals surface area (Å²) in [6.45, 7) is 0.988. The number of imide groups is 1. The monoisotopic (exact) mass is 344 g/mol. The highest BCUT2D eigenvalue weighted by atomic mass is 16.5. The van der Waals surface area contributed by atoms with E-state index in [1.165, 1.54) is 4.90 Å². The van der Waals surface area contributed by atoms with Crippen LogP contribution in [0.2, 0.25) is 0 Å². The van der Waals surface area contributed by atoms with E-state index in [0.717, 1.165) is 18.5 Å². The number of amides is 5. The van der Waals surface area contributed by atoms with Crippen molar-refractivity contribution >= 4 is 23.7 Å². The summed E-state index contributed by atoms with van der Waals surface area (Å²) >= 11 is 0. The van der Waals surface area contributed by atoms with Crippen molar-refractivity contribution in [1.82, 2.24) is 15.1 Å². The lowest BCUT2D eigenvalue weighted by molar-refractivity contribution is -0.122. The number of methoxy groups -OCH3 is 1. The Balaban J connectivity index is 1.58.